The van der Waals surface area contributed by atoms with Crippen LogP contribution in [0, 0.1) is 25.7 Å². The van der Waals surface area contributed by atoms with E-state index in [9.17, 15) is 9.59 Å². The molecule has 4 heterocycles. The van der Waals surface area contributed by atoms with Crippen LogP contribution in [0.5, 0.6) is 0 Å². The van der Waals surface area contributed by atoms with Gasteiger partial charge in [0.2, 0.25) is 0 Å². The van der Waals surface area contributed by atoms with Gasteiger partial charge in [0.05, 0.1) is 22.5 Å². The van der Waals surface area contributed by atoms with Gasteiger partial charge in [-0.2, -0.15) is 0 Å². The van der Waals surface area contributed by atoms with Gasteiger partial charge >= 0.3 is 0 Å². The van der Waals surface area contributed by atoms with Gasteiger partial charge in [0.15, 0.2) is 5.69 Å². The molecule has 2 unspecified atom stereocenters. The van der Waals surface area contributed by atoms with E-state index in [1.807, 2.05) is 66.1 Å². The Morgan fingerprint density at radius 3 is 2.29 bits per heavy atom. The summed E-state index contributed by atoms with van der Waals surface area (Å²) in [5.41, 5.74) is 4.61. The molecule has 2 aromatic carbocycles. The zero-order valence-electron chi connectivity index (χ0n) is 19.5. The fraction of sp³-hybridized carbons (Fsp3) is 0.308. The molecule has 2 aromatic heterocycles. The summed E-state index contributed by atoms with van der Waals surface area (Å²) in [5.74, 6) is 0.506. The highest BCUT2D eigenvalue weighted by molar-refractivity contribution is 9.10. The second kappa shape index (κ2) is 8.34. The van der Waals surface area contributed by atoms with Crippen molar-refractivity contribution >= 4 is 38.6 Å². The predicted molar refractivity (Wildman–Crippen MR) is 136 cm³/mol. The number of amides is 2. The Bertz CT molecular complexity index is 1440. The third-order valence-electron chi connectivity index (χ3n) is 7.25. The molecule has 9 heteroatoms. The molecule has 0 bridgehead atoms. The number of nitrogens with one attached hydrogen (secondary N) is 1. The first-order valence-corrected chi connectivity index (χ1v) is 12.5. The number of aromatic nitrogens is 4. The van der Waals surface area contributed by atoms with Crippen LogP contribution in [0.1, 0.15) is 32.2 Å². The molecule has 35 heavy (non-hydrogen) atoms. The zero-order valence-corrected chi connectivity index (χ0v) is 21.1. The third-order valence-corrected chi connectivity index (χ3v) is 7.78. The average Bonchev–Trinajstić information content (AvgIpc) is 3.60. The number of rotatable bonds is 3. The van der Waals surface area contributed by atoms with E-state index < -0.39 is 0 Å². The van der Waals surface area contributed by atoms with Gasteiger partial charge in [-0.25, -0.2) is 4.68 Å². The topological polar surface area (TPSA) is 87.1 Å². The Kier molecular flexibility index (Phi) is 5.25. The van der Waals surface area contributed by atoms with Crippen LogP contribution < -0.4 is 0 Å². The maximum absolute atomic E-state index is 13.3. The first-order chi connectivity index (χ1) is 16.9. The van der Waals surface area contributed by atoms with E-state index >= 15 is 0 Å². The number of H-pyrrole nitrogens is 1. The number of aryl methyl sites for hydroxylation is 1. The number of nitrogens with zero attached hydrogens (tertiary/aromatic N) is 5. The van der Waals surface area contributed by atoms with E-state index in [0.717, 1.165) is 32.5 Å². The molecule has 1 N–H and O–H groups in total. The Hall–Kier alpha value is -3.46. The molecule has 2 atom stereocenters. The minimum absolute atomic E-state index is 0.0537. The Labute approximate surface area is 211 Å². The molecule has 0 radical (unpaired) electrons. The van der Waals surface area contributed by atoms with Crippen molar-refractivity contribution in [1.82, 2.24) is 29.8 Å². The maximum atomic E-state index is 13.3. The third kappa shape index (κ3) is 3.74. The summed E-state index contributed by atoms with van der Waals surface area (Å²) >= 11 is 3.44. The number of aromatic amines is 1. The van der Waals surface area contributed by atoms with Gasteiger partial charge in [-0.3, -0.25) is 9.59 Å². The van der Waals surface area contributed by atoms with Crippen molar-refractivity contribution in [2.45, 2.75) is 13.8 Å². The van der Waals surface area contributed by atoms with Crippen molar-refractivity contribution < 1.29 is 9.59 Å². The molecule has 4 aromatic rings. The smallest absolute Gasteiger partial charge is 0.276 e. The second-order valence-electron chi connectivity index (χ2n) is 9.57. The quantitative estimate of drug-likeness (QED) is 0.432. The van der Waals surface area contributed by atoms with Gasteiger partial charge in [-0.15, -0.1) is 5.10 Å². The largest absolute Gasteiger partial charge is 0.358 e. The van der Waals surface area contributed by atoms with E-state index in [-0.39, 0.29) is 23.7 Å². The van der Waals surface area contributed by atoms with Crippen LogP contribution in [0.4, 0.5) is 0 Å². The number of carbonyl (C=O) groups is 2. The number of fused-ring (bicyclic) bond motifs is 2. The van der Waals surface area contributed by atoms with Gasteiger partial charge in [0.25, 0.3) is 11.8 Å². The van der Waals surface area contributed by atoms with Crippen molar-refractivity contribution in [2.75, 3.05) is 26.2 Å². The van der Waals surface area contributed by atoms with Crippen LogP contribution in [-0.4, -0.2) is 67.8 Å². The van der Waals surface area contributed by atoms with Gasteiger partial charge in [-0.05, 0) is 50.2 Å². The number of hydrogen-bond acceptors (Lipinski definition) is 4. The molecule has 0 saturated carbocycles. The Morgan fingerprint density at radius 1 is 0.943 bits per heavy atom. The van der Waals surface area contributed by atoms with E-state index in [2.05, 4.69) is 37.3 Å². The summed E-state index contributed by atoms with van der Waals surface area (Å²) in [4.78, 5) is 33.8. The molecule has 2 saturated heterocycles. The normalized spacial score (nSPS) is 19.5. The van der Waals surface area contributed by atoms with Crippen molar-refractivity contribution in [3.05, 3.63) is 75.6 Å². The molecule has 8 nitrogen and oxygen atoms in total. The molecule has 2 aliphatic rings. The molecular weight excluding hydrogens is 508 g/mol. The van der Waals surface area contributed by atoms with Crippen molar-refractivity contribution in [1.29, 1.82) is 0 Å². The lowest BCUT2D eigenvalue weighted by molar-refractivity contribution is 0.0736. The van der Waals surface area contributed by atoms with Gasteiger partial charge in [0, 0.05) is 53.6 Å². The molecule has 0 spiro atoms. The monoisotopic (exact) mass is 532 g/mol. The number of halogens is 1. The number of para-hydroxylation sites is 1. The van der Waals surface area contributed by atoms with E-state index in [1.165, 1.54) is 0 Å². The highest BCUT2D eigenvalue weighted by Gasteiger charge is 2.44. The predicted octanol–water partition coefficient (Wildman–Crippen LogP) is 3.97. The minimum Gasteiger partial charge on any atom is -0.358 e. The van der Waals surface area contributed by atoms with Crippen LogP contribution in [0.15, 0.2) is 53.0 Å². The number of likely N-dealkylation sites (tertiary alicyclic amines) is 2. The number of carbonyl (C=O) groups excluding carboxylic acids is 2. The average molecular weight is 533 g/mol. The Balaban J connectivity index is 1.15. The molecule has 2 amide bonds. The fourth-order valence-electron chi connectivity index (χ4n) is 5.47. The highest BCUT2D eigenvalue weighted by atomic mass is 79.9. The van der Waals surface area contributed by atoms with Crippen LogP contribution in [0.3, 0.4) is 0 Å². The Morgan fingerprint density at radius 2 is 1.60 bits per heavy atom. The first-order valence-electron chi connectivity index (χ1n) is 11.7. The fourth-order valence-corrected chi connectivity index (χ4v) is 5.74. The van der Waals surface area contributed by atoms with Crippen molar-refractivity contribution in [2.24, 2.45) is 11.8 Å². The molecule has 0 aliphatic carbocycles. The van der Waals surface area contributed by atoms with Crippen molar-refractivity contribution in [3.63, 3.8) is 0 Å². The standard InChI is InChI=1S/C26H25BrN6O2/c1-15-10-17-4-3-5-22(24(17)28-15)25(34)31-11-18-13-32(14-19(18)12-31)26(35)23-16(2)33(30-29-23)21-8-6-20(27)7-9-21/h3-10,18-19,28H,11-14H2,1-2H3. The first kappa shape index (κ1) is 22.0. The number of benzene rings is 2. The highest BCUT2D eigenvalue weighted by Crippen LogP contribution is 2.33. The van der Waals surface area contributed by atoms with Crippen LogP contribution in [-0.2, 0) is 0 Å². The van der Waals surface area contributed by atoms with Gasteiger partial charge < -0.3 is 14.8 Å². The van der Waals surface area contributed by atoms with Crippen LogP contribution in [0.2, 0.25) is 0 Å². The molecule has 6 rings (SSSR count). The zero-order chi connectivity index (χ0) is 24.3. The summed E-state index contributed by atoms with van der Waals surface area (Å²) in [5, 5.41) is 9.48. The molecule has 178 valence electrons. The second-order valence-corrected chi connectivity index (χ2v) is 10.5. The van der Waals surface area contributed by atoms with Gasteiger partial charge in [0.1, 0.15) is 0 Å². The van der Waals surface area contributed by atoms with Crippen LogP contribution in [0.25, 0.3) is 16.6 Å². The van der Waals surface area contributed by atoms with Crippen LogP contribution >= 0.6 is 15.9 Å². The van der Waals surface area contributed by atoms with E-state index in [1.54, 1.807) is 4.68 Å². The summed E-state index contributed by atoms with van der Waals surface area (Å²) in [6.07, 6.45) is 0. The van der Waals surface area contributed by atoms with E-state index in [4.69, 9.17) is 0 Å². The van der Waals surface area contributed by atoms with E-state index in [0.29, 0.717) is 37.4 Å². The SMILES string of the molecule is Cc1cc2cccc(C(=O)N3CC4CN(C(=O)c5nnn(-c6ccc(Br)cc6)c5C)CC4C3)c2[nH]1. The summed E-state index contributed by atoms with van der Waals surface area (Å²) < 4.78 is 2.67. The molecule has 2 fully saturated rings. The van der Waals surface area contributed by atoms with Crippen molar-refractivity contribution in [3.8, 4) is 5.69 Å². The summed E-state index contributed by atoms with van der Waals surface area (Å²) in [6.45, 7) is 6.45. The molecule has 2 aliphatic heterocycles. The number of hydrogen-bond donors (Lipinski definition) is 1. The lowest BCUT2D eigenvalue weighted by atomic mass is 10.0. The summed E-state index contributed by atoms with van der Waals surface area (Å²) in [7, 11) is 0. The molecular formula is C26H25BrN6O2. The lowest BCUT2D eigenvalue weighted by Crippen LogP contribution is -2.36. The van der Waals surface area contributed by atoms with Gasteiger partial charge in [-0.1, -0.05) is 33.3 Å². The lowest BCUT2D eigenvalue weighted by Gasteiger charge is -2.22. The summed E-state index contributed by atoms with van der Waals surface area (Å²) in [6, 6.07) is 15.6. The maximum Gasteiger partial charge on any atom is 0.276 e. The minimum atomic E-state index is -0.0928.